The number of likely N-dealkylation sites (N-methyl/N-ethyl adjacent to an activating group) is 1. The Hall–Kier alpha value is -2.04. The van der Waals surface area contributed by atoms with Gasteiger partial charge < -0.3 is 10.2 Å². The van der Waals surface area contributed by atoms with Crippen LogP contribution < -0.4 is 5.32 Å². The van der Waals surface area contributed by atoms with E-state index in [4.69, 9.17) is 23.2 Å². The van der Waals surface area contributed by atoms with Crippen molar-refractivity contribution in [2.75, 3.05) is 6.54 Å². The molecule has 4 nitrogen and oxygen atoms in total. The summed E-state index contributed by atoms with van der Waals surface area (Å²) in [6, 6.07) is 12.3. The van der Waals surface area contributed by atoms with E-state index in [1.807, 2.05) is 38.1 Å². The molecule has 0 radical (unpaired) electrons. The predicted molar refractivity (Wildman–Crippen MR) is 110 cm³/mol. The van der Waals surface area contributed by atoms with Crippen LogP contribution in [-0.4, -0.2) is 29.3 Å². The van der Waals surface area contributed by atoms with Crippen molar-refractivity contribution in [2.45, 2.75) is 39.8 Å². The third kappa shape index (κ3) is 5.98. The zero-order valence-electron chi connectivity index (χ0n) is 15.8. The molecular weight excluding hydrogens is 383 g/mol. The fourth-order valence-electron chi connectivity index (χ4n) is 2.72. The number of halogens is 2. The number of nitrogens with one attached hydrogen (secondary N) is 1. The Morgan fingerprint density at radius 2 is 1.78 bits per heavy atom. The molecule has 0 saturated carbocycles. The van der Waals surface area contributed by atoms with E-state index in [0.29, 0.717) is 16.6 Å². The third-order valence-corrected chi connectivity index (χ3v) is 4.94. The van der Waals surface area contributed by atoms with E-state index >= 15 is 0 Å². The van der Waals surface area contributed by atoms with Crippen LogP contribution in [0.25, 0.3) is 0 Å². The highest BCUT2D eigenvalue weighted by atomic mass is 35.5. The van der Waals surface area contributed by atoms with E-state index in [-0.39, 0.29) is 24.8 Å². The number of amides is 2. The maximum atomic E-state index is 13.0. The summed E-state index contributed by atoms with van der Waals surface area (Å²) in [5, 5.41) is 3.77. The van der Waals surface area contributed by atoms with Gasteiger partial charge in [0.2, 0.25) is 11.8 Å². The van der Waals surface area contributed by atoms with Gasteiger partial charge in [-0.2, -0.15) is 0 Å². The molecule has 0 aliphatic carbocycles. The summed E-state index contributed by atoms with van der Waals surface area (Å²) in [7, 11) is 0. The van der Waals surface area contributed by atoms with Gasteiger partial charge in [0.25, 0.3) is 0 Å². The van der Waals surface area contributed by atoms with Crippen LogP contribution in [-0.2, 0) is 22.6 Å². The topological polar surface area (TPSA) is 49.4 Å². The molecule has 1 atom stereocenters. The van der Waals surface area contributed by atoms with Gasteiger partial charge in [0.15, 0.2) is 0 Å². The summed E-state index contributed by atoms with van der Waals surface area (Å²) in [4.78, 5) is 26.9. The Bertz CT molecular complexity index is 806. The van der Waals surface area contributed by atoms with Gasteiger partial charge >= 0.3 is 0 Å². The van der Waals surface area contributed by atoms with Gasteiger partial charge in [0, 0.05) is 23.1 Å². The highest BCUT2D eigenvalue weighted by Crippen LogP contribution is 2.23. The van der Waals surface area contributed by atoms with Gasteiger partial charge in [-0.25, -0.2) is 0 Å². The van der Waals surface area contributed by atoms with E-state index in [1.54, 1.807) is 30.0 Å². The largest absolute Gasteiger partial charge is 0.355 e. The zero-order chi connectivity index (χ0) is 20.0. The van der Waals surface area contributed by atoms with Crippen molar-refractivity contribution >= 4 is 35.0 Å². The summed E-state index contributed by atoms with van der Waals surface area (Å²) < 4.78 is 0. The van der Waals surface area contributed by atoms with Gasteiger partial charge in [-0.15, -0.1) is 0 Å². The first kappa shape index (κ1) is 21.3. The van der Waals surface area contributed by atoms with Crippen LogP contribution in [0.3, 0.4) is 0 Å². The number of nitrogens with zero attached hydrogens (tertiary/aromatic N) is 1. The monoisotopic (exact) mass is 406 g/mol. The molecule has 0 aromatic heterocycles. The van der Waals surface area contributed by atoms with E-state index in [2.05, 4.69) is 5.32 Å². The first-order valence-electron chi connectivity index (χ1n) is 8.88. The molecule has 6 heteroatoms. The number of rotatable bonds is 7. The fraction of sp³-hybridized carbons (Fsp3) is 0.333. The van der Waals surface area contributed by atoms with Gasteiger partial charge in [-0.3, -0.25) is 9.59 Å². The molecule has 1 N–H and O–H groups in total. The lowest BCUT2D eigenvalue weighted by molar-refractivity contribution is -0.140. The van der Waals surface area contributed by atoms with Crippen LogP contribution >= 0.6 is 23.2 Å². The summed E-state index contributed by atoms with van der Waals surface area (Å²) >= 11 is 12.2. The van der Waals surface area contributed by atoms with E-state index in [9.17, 15) is 9.59 Å². The number of carbonyl (C=O) groups is 2. The molecule has 0 spiro atoms. The molecular formula is C21H24Cl2N2O2. The zero-order valence-corrected chi connectivity index (χ0v) is 17.3. The van der Waals surface area contributed by atoms with Crippen molar-refractivity contribution in [1.82, 2.24) is 10.2 Å². The predicted octanol–water partition coefficient (Wildman–Crippen LogP) is 4.40. The van der Waals surface area contributed by atoms with Crippen LogP contribution in [0.15, 0.2) is 42.5 Å². The molecule has 0 heterocycles. The van der Waals surface area contributed by atoms with Gasteiger partial charge in [-0.05, 0) is 44.0 Å². The van der Waals surface area contributed by atoms with Crippen molar-refractivity contribution in [3.05, 3.63) is 69.2 Å². The molecule has 1 unspecified atom stereocenters. The van der Waals surface area contributed by atoms with Crippen molar-refractivity contribution in [3.8, 4) is 0 Å². The second-order valence-corrected chi connectivity index (χ2v) is 7.33. The molecule has 0 bridgehead atoms. The van der Waals surface area contributed by atoms with Crippen LogP contribution in [0.4, 0.5) is 0 Å². The molecule has 27 heavy (non-hydrogen) atoms. The van der Waals surface area contributed by atoms with E-state index in [1.165, 1.54) is 0 Å². The van der Waals surface area contributed by atoms with Crippen LogP contribution in [0.2, 0.25) is 10.0 Å². The maximum Gasteiger partial charge on any atom is 0.242 e. The first-order valence-corrected chi connectivity index (χ1v) is 9.64. The standard InChI is InChI=1S/C21H24Cl2N2O2/c1-4-24-21(27)15(3)25(13-17-9-10-18(22)12-19(17)23)20(26)11-16-7-5-14(2)6-8-16/h5-10,12,15H,4,11,13H2,1-3H3,(H,24,27). The second kappa shape index (κ2) is 9.77. The lowest BCUT2D eigenvalue weighted by atomic mass is 10.1. The van der Waals surface area contributed by atoms with E-state index in [0.717, 1.165) is 16.7 Å². The molecule has 2 aromatic carbocycles. The molecule has 0 aliphatic rings. The SMILES string of the molecule is CCNC(=O)C(C)N(Cc1ccc(Cl)cc1Cl)C(=O)Cc1ccc(C)cc1. The Kier molecular flexibility index (Phi) is 7.69. The van der Waals surface area contributed by atoms with Crippen molar-refractivity contribution in [2.24, 2.45) is 0 Å². The average molecular weight is 407 g/mol. The number of hydrogen-bond donors (Lipinski definition) is 1. The minimum Gasteiger partial charge on any atom is -0.355 e. The molecule has 0 aliphatic heterocycles. The number of carbonyl (C=O) groups excluding carboxylic acids is 2. The molecule has 0 saturated heterocycles. The summed E-state index contributed by atoms with van der Waals surface area (Å²) in [5.41, 5.74) is 2.78. The number of hydrogen-bond acceptors (Lipinski definition) is 2. The Labute approximate surface area is 170 Å². The molecule has 2 amide bonds. The Morgan fingerprint density at radius 1 is 1.11 bits per heavy atom. The summed E-state index contributed by atoms with van der Waals surface area (Å²) in [6.45, 7) is 6.31. The maximum absolute atomic E-state index is 13.0. The van der Waals surface area contributed by atoms with Gasteiger partial charge in [0.05, 0.1) is 6.42 Å². The molecule has 2 aromatic rings. The summed E-state index contributed by atoms with van der Waals surface area (Å²) in [6.07, 6.45) is 0.217. The third-order valence-electron chi connectivity index (χ3n) is 4.35. The van der Waals surface area contributed by atoms with Gasteiger partial charge in [-0.1, -0.05) is 59.1 Å². The molecule has 144 valence electrons. The molecule has 0 fully saturated rings. The lowest BCUT2D eigenvalue weighted by Gasteiger charge is -2.29. The van der Waals surface area contributed by atoms with Crippen molar-refractivity contribution in [3.63, 3.8) is 0 Å². The average Bonchev–Trinajstić information content (AvgIpc) is 2.62. The smallest absolute Gasteiger partial charge is 0.242 e. The lowest BCUT2D eigenvalue weighted by Crippen LogP contribution is -2.48. The highest BCUT2D eigenvalue weighted by molar-refractivity contribution is 6.35. The van der Waals surface area contributed by atoms with Crippen LogP contribution in [0.1, 0.15) is 30.5 Å². The quantitative estimate of drug-likeness (QED) is 0.740. The van der Waals surface area contributed by atoms with Crippen LogP contribution in [0, 0.1) is 6.92 Å². The van der Waals surface area contributed by atoms with Crippen molar-refractivity contribution < 1.29 is 9.59 Å². The van der Waals surface area contributed by atoms with Gasteiger partial charge in [0.1, 0.15) is 6.04 Å². The normalized spacial score (nSPS) is 11.7. The van der Waals surface area contributed by atoms with E-state index < -0.39 is 6.04 Å². The Balaban J connectivity index is 2.26. The fourth-order valence-corrected chi connectivity index (χ4v) is 3.19. The molecule has 2 rings (SSSR count). The number of aryl methyl sites for hydroxylation is 1. The first-order chi connectivity index (χ1) is 12.8. The summed E-state index contributed by atoms with van der Waals surface area (Å²) in [5.74, 6) is -0.330. The Morgan fingerprint density at radius 3 is 2.37 bits per heavy atom. The van der Waals surface area contributed by atoms with Crippen molar-refractivity contribution in [1.29, 1.82) is 0 Å². The number of benzene rings is 2. The minimum absolute atomic E-state index is 0.136. The second-order valence-electron chi connectivity index (χ2n) is 6.49. The highest BCUT2D eigenvalue weighted by Gasteiger charge is 2.26. The van der Waals surface area contributed by atoms with Crippen LogP contribution in [0.5, 0.6) is 0 Å². The minimum atomic E-state index is -0.616.